The molecule has 2 aromatic heterocycles. The van der Waals surface area contributed by atoms with Gasteiger partial charge in [-0.2, -0.15) is 0 Å². The number of para-hydroxylation sites is 1. The standard InChI is InChI=1S/C58H41N4OP/c63-64(47-20-9-3-10-21-47,48-22-11-4-12-23-48)49-38-36-46(37-39-49)58-61-56(44-18-7-2-8-19-44)60-57(62-58)45-34-30-41(31-35-45)40-28-32-42(33-29-40)50-25-15-26-52-54(50)51-24-13-14-27-53(51)59-55(52)43-16-5-1-6-17-43/h1-39,63-64H. The first-order valence-corrected chi connectivity index (χ1v) is 23.4. The summed E-state index contributed by atoms with van der Waals surface area (Å²) in [7, 11) is -3.27. The normalized spacial score (nSPS) is 11.8. The zero-order chi connectivity index (χ0) is 42.9. The Morgan fingerprint density at radius 3 is 1.22 bits per heavy atom. The third-order valence-corrected chi connectivity index (χ3v) is 15.6. The van der Waals surface area contributed by atoms with Crippen LogP contribution >= 0.6 is 7.49 Å². The van der Waals surface area contributed by atoms with Crippen molar-refractivity contribution in [1.82, 2.24) is 19.9 Å². The van der Waals surface area contributed by atoms with E-state index in [1.54, 1.807) is 0 Å². The number of nitrogens with zero attached hydrogens (tertiary/aromatic N) is 4. The predicted molar refractivity (Wildman–Crippen MR) is 268 cm³/mol. The first kappa shape index (κ1) is 38.9. The fourth-order valence-electron chi connectivity index (χ4n) is 8.78. The van der Waals surface area contributed by atoms with Crippen molar-refractivity contribution in [2.24, 2.45) is 0 Å². The van der Waals surface area contributed by atoms with Crippen molar-refractivity contribution in [2.75, 3.05) is 0 Å². The van der Waals surface area contributed by atoms with Crippen LogP contribution in [-0.4, -0.2) is 24.8 Å². The maximum atomic E-state index is 12.6. The van der Waals surface area contributed by atoms with Gasteiger partial charge in [-0.05, 0) is 17.2 Å². The molecule has 1 N–H and O–H groups in total. The van der Waals surface area contributed by atoms with Crippen molar-refractivity contribution in [3.05, 3.63) is 237 Å². The van der Waals surface area contributed by atoms with Crippen molar-refractivity contribution < 1.29 is 4.89 Å². The fourth-order valence-corrected chi connectivity index (χ4v) is 11.8. The molecule has 0 atom stereocenters. The van der Waals surface area contributed by atoms with Crippen LogP contribution in [0.5, 0.6) is 0 Å². The van der Waals surface area contributed by atoms with E-state index in [1.165, 1.54) is 10.9 Å². The number of benzene rings is 9. The van der Waals surface area contributed by atoms with Gasteiger partial charge in [0.2, 0.25) is 0 Å². The van der Waals surface area contributed by atoms with Gasteiger partial charge in [-0.25, -0.2) is 4.98 Å². The number of rotatable bonds is 9. The van der Waals surface area contributed by atoms with Crippen LogP contribution in [0.4, 0.5) is 0 Å². The van der Waals surface area contributed by atoms with Crippen molar-refractivity contribution in [2.45, 2.75) is 0 Å². The molecular weight excluding hydrogens is 800 g/mol. The third-order valence-electron chi connectivity index (χ3n) is 12.1. The molecule has 0 radical (unpaired) electrons. The Balaban J connectivity index is 0.928. The molecule has 0 fully saturated rings. The second kappa shape index (κ2) is 16.7. The van der Waals surface area contributed by atoms with Crippen LogP contribution in [0.1, 0.15) is 0 Å². The zero-order valence-electron chi connectivity index (χ0n) is 34.8. The molecule has 11 rings (SSSR count). The summed E-state index contributed by atoms with van der Waals surface area (Å²) < 4.78 is 0. The van der Waals surface area contributed by atoms with E-state index in [1.807, 2.05) is 121 Å². The molecule has 0 aliphatic rings. The van der Waals surface area contributed by atoms with E-state index in [9.17, 15) is 4.89 Å². The van der Waals surface area contributed by atoms with Crippen molar-refractivity contribution in [3.63, 3.8) is 0 Å². The first-order chi connectivity index (χ1) is 31.6. The molecule has 5 nitrogen and oxygen atoms in total. The summed E-state index contributed by atoms with van der Waals surface area (Å²) in [4.78, 5) is 32.7. The molecule has 64 heavy (non-hydrogen) atoms. The SMILES string of the molecule is O[PH](c1ccccc1)(c1ccccc1)c1ccc(-c2nc(-c3ccccc3)nc(-c3ccc(-c4ccc(-c5cccc6c(-c7ccccc7)nc7ccccc7c56)cc4)cc3)n2)cc1. The molecule has 0 amide bonds. The molecule has 0 unspecified atom stereocenters. The van der Waals surface area contributed by atoms with Crippen LogP contribution in [0.3, 0.4) is 0 Å². The summed E-state index contributed by atoms with van der Waals surface area (Å²) >= 11 is 0. The van der Waals surface area contributed by atoms with Gasteiger partial charge in [-0.3, -0.25) is 0 Å². The monoisotopic (exact) mass is 840 g/mol. The van der Waals surface area contributed by atoms with E-state index in [0.29, 0.717) is 17.5 Å². The molecule has 6 heteroatoms. The van der Waals surface area contributed by atoms with Gasteiger partial charge in [-0.15, -0.1) is 0 Å². The summed E-state index contributed by atoms with van der Waals surface area (Å²) in [6, 6.07) is 80.7. The van der Waals surface area contributed by atoms with Crippen LogP contribution < -0.4 is 15.9 Å². The quantitative estimate of drug-likeness (QED) is 0.116. The van der Waals surface area contributed by atoms with Gasteiger partial charge in [0, 0.05) is 21.7 Å². The minimum atomic E-state index is -3.27. The second-order valence-corrected chi connectivity index (χ2v) is 19.1. The Morgan fingerprint density at radius 2 is 0.672 bits per heavy atom. The van der Waals surface area contributed by atoms with Crippen molar-refractivity contribution >= 4 is 45.1 Å². The van der Waals surface area contributed by atoms with Gasteiger partial charge >= 0.3 is 228 Å². The summed E-state index contributed by atoms with van der Waals surface area (Å²) in [6.07, 6.45) is 0. The minimum absolute atomic E-state index is 0.563. The average molecular weight is 841 g/mol. The molecule has 0 aliphatic carbocycles. The van der Waals surface area contributed by atoms with E-state index >= 15 is 0 Å². The molecule has 0 saturated carbocycles. The summed E-state index contributed by atoms with van der Waals surface area (Å²) in [5, 5.41) is 6.22. The Kier molecular flexibility index (Phi) is 10.2. The van der Waals surface area contributed by atoms with Crippen LogP contribution in [0, 0.1) is 0 Å². The summed E-state index contributed by atoms with van der Waals surface area (Å²) in [6.45, 7) is 0. The number of fused-ring (bicyclic) bond motifs is 3. The van der Waals surface area contributed by atoms with Gasteiger partial charge in [0.05, 0.1) is 11.2 Å². The zero-order valence-corrected chi connectivity index (χ0v) is 35.8. The Labute approximate surface area is 372 Å². The second-order valence-electron chi connectivity index (χ2n) is 15.9. The third kappa shape index (κ3) is 7.23. The Hall–Kier alpha value is -7.95. The molecule has 304 valence electrons. The molecule has 0 bridgehead atoms. The fraction of sp³-hybridized carbons (Fsp3) is 0. The molecular formula is C58H41N4OP. The maximum absolute atomic E-state index is 12.6. The molecule has 0 saturated heterocycles. The van der Waals surface area contributed by atoms with E-state index in [-0.39, 0.29) is 0 Å². The summed E-state index contributed by atoms with van der Waals surface area (Å²) in [5.74, 6) is 1.74. The number of hydrogen-bond donors (Lipinski definition) is 1. The van der Waals surface area contributed by atoms with Gasteiger partial charge in [0.15, 0.2) is 0 Å². The number of hydrogen-bond acceptors (Lipinski definition) is 5. The van der Waals surface area contributed by atoms with Crippen LogP contribution in [0.15, 0.2) is 237 Å². The molecule has 2 heterocycles. The first-order valence-electron chi connectivity index (χ1n) is 21.4. The topological polar surface area (TPSA) is 71.8 Å². The van der Waals surface area contributed by atoms with Crippen molar-refractivity contribution in [3.8, 4) is 67.7 Å². The number of pyridine rings is 1. The molecule has 9 aromatic carbocycles. The Morgan fingerprint density at radius 1 is 0.281 bits per heavy atom. The Bertz CT molecular complexity index is 3360. The van der Waals surface area contributed by atoms with Crippen LogP contribution in [0.2, 0.25) is 0 Å². The van der Waals surface area contributed by atoms with E-state index < -0.39 is 7.49 Å². The van der Waals surface area contributed by atoms with Crippen LogP contribution in [-0.2, 0) is 0 Å². The number of aromatic nitrogens is 4. The predicted octanol–water partition coefficient (Wildman–Crippen LogP) is 12.5. The van der Waals surface area contributed by atoms with E-state index in [4.69, 9.17) is 19.9 Å². The molecule has 11 aromatic rings. The van der Waals surface area contributed by atoms with Gasteiger partial charge in [0.25, 0.3) is 0 Å². The van der Waals surface area contributed by atoms with Crippen molar-refractivity contribution in [1.29, 1.82) is 0 Å². The van der Waals surface area contributed by atoms with Crippen LogP contribution in [0.25, 0.3) is 89.4 Å². The van der Waals surface area contributed by atoms with E-state index in [2.05, 4.69) is 115 Å². The summed E-state index contributed by atoms with van der Waals surface area (Å²) in [5.41, 5.74) is 10.2. The molecule has 0 spiro atoms. The molecule has 0 aliphatic heterocycles. The van der Waals surface area contributed by atoms with Gasteiger partial charge in [-0.1, -0.05) is 91.0 Å². The van der Waals surface area contributed by atoms with Gasteiger partial charge < -0.3 is 0 Å². The van der Waals surface area contributed by atoms with E-state index in [0.717, 1.165) is 76.8 Å². The van der Waals surface area contributed by atoms with Gasteiger partial charge in [0.1, 0.15) is 0 Å². The average Bonchev–Trinajstić information content (AvgIpc) is 3.39.